The van der Waals surface area contributed by atoms with Crippen LogP contribution in [0, 0.1) is 6.92 Å². The highest BCUT2D eigenvalue weighted by atomic mass is 32.1. The van der Waals surface area contributed by atoms with E-state index in [4.69, 9.17) is 9.15 Å². The van der Waals surface area contributed by atoms with Crippen LogP contribution in [0.4, 0.5) is 0 Å². The molecule has 2 aromatic carbocycles. The molecule has 0 radical (unpaired) electrons. The van der Waals surface area contributed by atoms with Crippen LogP contribution in [0.1, 0.15) is 21.7 Å². The third kappa shape index (κ3) is 3.83. The number of benzene rings is 2. The quantitative estimate of drug-likeness (QED) is 0.287. The highest BCUT2D eigenvalue weighted by Crippen LogP contribution is 2.26. The van der Waals surface area contributed by atoms with Gasteiger partial charge in [-0.05, 0) is 42.1 Å². The van der Waals surface area contributed by atoms with Gasteiger partial charge in [0, 0.05) is 17.0 Å². The van der Waals surface area contributed by atoms with Crippen molar-refractivity contribution in [1.29, 1.82) is 0 Å². The highest BCUT2D eigenvalue weighted by molar-refractivity contribution is 7.13. The van der Waals surface area contributed by atoms with Crippen molar-refractivity contribution >= 4 is 28.3 Å². The average molecular weight is 443 g/mol. The number of nitrogens with zero attached hydrogens (tertiary/aromatic N) is 3. The van der Waals surface area contributed by atoms with Crippen LogP contribution in [0.2, 0.25) is 0 Å². The average Bonchev–Trinajstić information content (AvgIpc) is 3.47. The van der Waals surface area contributed by atoms with Gasteiger partial charge in [-0.25, -0.2) is 14.3 Å². The molecule has 0 aliphatic carbocycles. The number of para-hydroxylation sites is 1. The Morgan fingerprint density at radius 1 is 1.09 bits per heavy atom. The second-order valence-corrected chi connectivity index (χ2v) is 8.10. The number of aryl methyl sites for hydroxylation is 1. The molecule has 0 saturated carbocycles. The van der Waals surface area contributed by atoms with E-state index < -0.39 is 11.6 Å². The number of esters is 1. The van der Waals surface area contributed by atoms with Crippen LogP contribution in [0.5, 0.6) is 0 Å². The van der Waals surface area contributed by atoms with Gasteiger partial charge in [-0.15, -0.1) is 16.4 Å². The molecule has 0 amide bonds. The number of aromatic nitrogens is 3. The molecule has 0 spiro atoms. The van der Waals surface area contributed by atoms with Crippen molar-refractivity contribution < 1.29 is 13.9 Å². The zero-order valence-electron chi connectivity index (χ0n) is 17.0. The van der Waals surface area contributed by atoms with E-state index in [0.29, 0.717) is 22.4 Å². The lowest BCUT2D eigenvalue weighted by molar-refractivity contribution is 0.0459. The molecule has 8 heteroatoms. The Labute approximate surface area is 186 Å². The molecule has 0 bridgehead atoms. The Bertz CT molecular complexity index is 1470. The van der Waals surface area contributed by atoms with Crippen LogP contribution >= 0.6 is 11.3 Å². The maximum absolute atomic E-state index is 12.8. The van der Waals surface area contributed by atoms with E-state index in [1.165, 1.54) is 17.4 Å². The van der Waals surface area contributed by atoms with Crippen molar-refractivity contribution in [3.63, 3.8) is 0 Å². The van der Waals surface area contributed by atoms with Crippen LogP contribution in [0.25, 0.3) is 27.4 Å². The van der Waals surface area contributed by atoms with Crippen molar-refractivity contribution in [1.82, 2.24) is 14.8 Å². The molecule has 0 aliphatic heterocycles. The second-order valence-electron chi connectivity index (χ2n) is 7.15. The van der Waals surface area contributed by atoms with Crippen LogP contribution in [-0.2, 0) is 11.3 Å². The third-order valence-corrected chi connectivity index (χ3v) is 5.74. The van der Waals surface area contributed by atoms with Crippen LogP contribution in [0.15, 0.2) is 81.3 Å². The molecule has 0 unspecified atom stereocenters. The predicted octanol–water partition coefficient (Wildman–Crippen LogP) is 4.77. The molecule has 0 atom stereocenters. The Morgan fingerprint density at radius 3 is 2.72 bits per heavy atom. The van der Waals surface area contributed by atoms with Gasteiger partial charge in [0.15, 0.2) is 5.82 Å². The van der Waals surface area contributed by atoms with E-state index in [0.717, 1.165) is 16.1 Å². The summed E-state index contributed by atoms with van der Waals surface area (Å²) in [4.78, 5) is 30.1. The number of carbonyl (C=O) groups excluding carboxylic acids is 1. The first kappa shape index (κ1) is 19.9. The molecular weight excluding hydrogens is 426 g/mol. The lowest BCUT2D eigenvalue weighted by Gasteiger charge is -2.06. The first-order chi connectivity index (χ1) is 15.6. The summed E-state index contributed by atoms with van der Waals surface area (Å²) in [6.45, 7) is 1.81. The number of fused-ring (bicyclic) bond motifs is 1. The minimum absolute atomic E-state index is 0.0552. The molecule has 7 nitrogen and oxygen atoms in total. The summed E-state index contributed by atoms with van der Waals surface area (Å²) in [6, 6.07) is 20.1. The fraction of sp³-hybridized carbons (Fsp3) is 0.0833. The van der Waals surface area contributed by atoms with Gasteiger partial charge in [-0.2, -0.15) is 4.98 Å². The van der Waals surface area contributed by atoms with Crippen molar-refractivity contribution in [2.24, 2.45) is 0 Å². The van der Waals surface area contributed by atoms with E-state index in [1.807, 2.05) is 66.9 Å². The van der Waals surface area contributed by atoms with Crippen LogP contribution < -0.4 is 5.63 Å². The van der Waals surface area contributed by atoms with Gasteiger partial charge < -0.3 is 9.15 Å². The van der Waals surface area contributed by atoms with E-state index in [2.05, 4.69) is 10.1 Å². The molecular formula is C24H17N3O4S. The molecule has 5 aromatic rings. The number of hydrogen-bond acceptors (Lipinski definition) is 7. The van der Waals surface area contributed by atoms with Crippen molar-refractivity contribution in [2.75, 3.05) is 0 Å². The second kappa shape index (κ2) is 8.24. The van der Waals surface area contributed by atoms with Gasteiger partial charge in [0.05, 0.1) is 10.6 Å². The van der Waals surface area contributed by atoms with Crippen molar-refractivity contribution in [3.05, 3.63) is 99.5 Å². The van der Waals surface area contributed by atoms with Crippen molar-refractivity contribution in [2.45, 2.75) is 13.5 Å². The standard InChI is InChI=1S/C24H17N3O4S/c1-15-9-10-18-16(13-21(28)31-19(18)12-15)14-30-24(29)22-25-23(20-8-5-11-32-20)27(26-22)17-6-3-2-4-7-17/h2-13H,14H2,1H3. The molecule has 32 heavy (non-hydrogen) atoms. The Balaban J connectivity index is 1.46. The predicted molar refractivity (Wildman–Crippen MR) is 121 cm³/mol. The fourth-order valence-electron chi connectivity index (χ4n) is 3.38. The molecule has 0 aliphatic rings. The maximum atomic E-state index is 12.8. The summed E-state index contributed by atoms with van der Waals surface area (Å²) in [5.41, 5.74) is 2.26. The molecule has 3 aromatic heterocycles. The van der Waals surface area contributed by atoms with E-state index in [1.54, 1.807) is 10.7 Å². The topological polar surface area (TPSA) is 87.2 Å². The Kier molecular flexibility index (Phi) is 5.12. The monoisotopic (exact) mass is 443 g/mol. The summed E-state index contributed by atoms with van der Waals surface area (Å²) in [5, 5.41) is 7.05. The summed E-state index contributed by atoms with van der Waals surface area (Å²) in [5.74, 6) is -0.175. The molecule has 0 N–H and O–H groups in total. The maximum Gasteiger partial charge on any atom is 0.378 e. The van der Waals surface area contributed by atoms with E-state index in [9.17, 15) is 9.59 Å². The normalized spacial score (nSPS) is 11.0. The fourth-order valence-corrected chi connectivity index (χ4v) is 4.08. The molecule has 0 saturated heterocycles. The van der Waals surface area contributed by atoms with Crippen LogP contribution in [0.3, 0.4) is 0 Å². The molecule has 158 valence electrons. The molecule has 3 heterocycles. The Hall–Kier alpha value is -4.04. The minimum Gasteiger partial charge on any atom is -0.455 e. The third-order valence-electron chi connectivity index (χ3n) is 4.88. The van der Waals surface area contributed by atoms with Gasteiger partial charge in [-0.1, -0.05) is 36.4 Å². The summed E-state index contributed by atoms with van der Waals surface area (Å²) in [6.07, 6.45) is 0. The van der Waals surface area contributed by atoms with Gasteiger partial charge in [-0.3, -0.25) is 0 Å². The summed E-state index contributed by atoms with van der Waals surface area (Å²) in [7, 11) is 0. The first-order valence-corrected chi connectivity index (χ1v) is 10.7. The SMILES string of the molecule is Cc1ccc2c(COC(=O)c3nc(-c4cccs4)n(-c4ccccc4)n3)cc(=O)oc2c1. The largest absolute Gasteiger partial charge is 0.455 e. The van der Waals surface area contributed by atoms with Gasteiger partial charge in [0.2, 0.25) is 0 Å². The number of ether oxygens (including phenoxy) is 1. The number of rotatable bonds is 5. The van der Waals surface area contributed by atoms with E-state index >= 15 is 0 Å². The minimum atomic E-state index is -0.675. The summed E-state index contributed by atoms with van der Waals surface area (Å²) >= 11 is 1.50. The van der Waals surface area contributed by atoms with Crippen LogP contribution in [-0.4, -0.2) is 20.7 Å². The lowest BCUT2D eigenvalue weighted by Crippen LogP contribution is -2.10. The smallest absolute Gasteiger partial charge is 0.378 e. The number of thiophene rings is 1. The lowest BCUT2D eigenvalue weighted by atomic mass is 10.1. The first-order valence-electron chi connectivity index (χ1n) is 9.85. The van der Waals surface area contributed by atoms with Crippen molar-refractivity contribution in [3.8, 4) is 16.4 Å². The zero-order chi connectivity index (χ0) is 22.1. The number of hydrogen-bond donors (Lipinski definition) is 0. The van der Waals surface area contributed by atoms with E-state index in [-0.39, 0.29) is 12.4 Å². The number of carbonyl (C=O) groups is 1. The summed E-state index contributed by atoms with van der Waals surface area (Å²) < 4.78 is 12.4. The molecule has 0 fully saturated rings. The Morgan fingerprint density at radius 2 is 1.94 bits per heavy atom. The van der Waals surface area contributed by atoms with Gasteiger partial charge >= 0.3 is 11.6 Å². The van der Waals surface area contributed by atoms with Gasteiger partial charge in [0.1, 0.15) is 12.2 Å². The molecule has 5 rings (SSSR count). The van der Waals surface area contributed by atoms with Gasteiger partial charge in [0.25, 0.3) is 5.82 Å². The highest BCUT2D eigenvalue weighted by Gasteiger charge is 2.21. The zero-order valence-corrected chi connectivity index (χ0v) is 17.8.